The quantitative estimate of drug-likeness (QED) is 0.606. The molecule has 0 fully saturated rings. The Balaban J connectivity index is 1.75. The van der Waals surface area contributed by atoms with Gasteiger partial charge in [0.15, 0.2) is 0 Å². The third-order valence-electron chi connectivity index (χ3n) is 4.14. The lowest BCUT2D eigenvalue weighted by atomic mass is 10.2. The van der Waals surface area contributed by atoms with Crippen LogP contribution in [-0.4, -0.2) is 28.4 Å². The molecular weight excluding hydrogens is 410 g/mol. The number of amides is 1. The average molecular weight is 430 g/mol. The Morgan fingerprint density at radius 3 is 2.21 bits per heavy atom. The highest BCUT2D eigenvalue weighted by molar-refractivity contribution is 7.92. The van der Waals surface area contributed by atoms with Gasteiger partial charge in [-0.1, -0.05) is 29.8 Å². The van der Waals surface area contributed by atoms with E-state index in [1.807, 2.05) is 25.1 Å². The Morgan fingerprint density at radius 1 is 0.931 bits per heavy atom. The zero-order valence-electron chi connectivity index (χ0n) is 15.9. The molecule has 0 aliphatic carbocycles. The van der Waals surface area contributed by atoms with Crippen molar-refractivity contribution >= 4 is 44.6 Å². The summed E-state index contributed by atoms with van der Waals surface area (Å²) in [6.45, 7) is 0. The molecule has 0 radical (unpaired) electrons. The first kappa shape index (κ1) is 20.7. The predicted molar refractivity (Wildman–Crippen MR) is 117 cm³/mol. The SMILES string of the molecule is CN(C)c1ccc(Cl)cc1NC(=O)c1ccc(NS(=O)(=O)c2ccccc2)cc1. The maximum absolute atomic E-state index is 12.6. The van der Waals surface area contributed by atoms with E-state index in [0.29, 0.717) is 22.0 Å². The van der Waals surface area contributed by atoms with E-state index in [-0.39, 0.29) is 10.8 Å². The summed E-state index contributed by atoms with van der Waals surface area (Å²) < 4.78 is 27.3. The van der Waals surface area contributed by atoms with Gasteiger partial charge >= 0.3 is 0 Å². The summed E-state index contributed by atoms with van der Waals surface area (Å²) in [4.78, 5) is 14.6. The molecule has 150 valence electrons. The van der Waals surface area contributed by atoms with Gasteiger partial charge in [-0.25, -0.2) is 8.42 Å². The standard InChI is InChI=1S/C21H20ClN3O3S/c1-25(2)20-13-10-16(22)14-19(20)23-21(26)15-8-11-17(12-9-15)24-29(27,28)18-6-4-3-5-7-18/h3-14,24H,1-2H3,(H,23,26). The molecule has 0 aliphatic rings. The van der Waals surface area contributed by atoms with Crippen LogP contribution in [0.3, 0.4) is 0 Å². The van der Waals surface area contributed by atoms with E-state index < -0.39 is 10.0 Å². The largest absolute Gasteiger partial charge is 0.376 e. The van der Waals surface area contributed by atoms with Crippen molar-refractivity contribution in [3.8, 4) is 0 Å². The van der Waals surface area contributed by atoms with Gasteiger partial charge in [0.2, 0.25) is 0 Å². The summed E-state index contributed by atoms with van der Waals surface area (Å²) in [7, 11) is 0.0496. The number of hydrogen-bond acceptors (Lipinski definition) is 4. The second kappa shape index (κ2) is 8.55. The number of nitrogens with one attached hydrogen (secondary N) is 2. The highest BCUT2D eigenvalue weighted by atomic mass is 35.5. The lowest BCUT2D eigenvalue weighted by Crippen LogP contribution is -2.17. The number of anilines is 3. The number of sulfonamides is 1. The Hall–Kier alpha value is -3.03. The van der Waals surface area contributed by atoms with Crippen LogP contribution in [0.15, 0.2) is 77.7 Å². The Kier molecular flexibility index (Phi) is 6.10. The topological polar surface area (TPSA) is 78.5 Å². The Morgan fingerprint density at radius 2 is 1.59 bits per heavy atom. The molecule has 3 aromatic carbocycles. The summed E-state index contributed by atoms with van der Waals surface area (Å²) in [6, 6.07) is 19.5. The van der Waals surface area contributed by atoms with Gasteiger partial charge in [0.25, 0.3) is 15.9 Å². The summed E-state index contributed by atoms with van der Waals surface area (Å²) in [5.74, 6) is -0.326. The number of halogens is 1. The average Bonchev–Trinajstić information content (AvgIpc) is 2.68. The van der Waals surface area contributed by atoms with Crippen LogP contribution < -0.4 is 14.9 Å². The monoisotopic (exact) mass is 429 g/mol. The lowest BCUT2D eigenvalue weighted by Gasteiger charge is -2.18. The van der Waals surface area contributed by atoms with Crippen molar-refractivity contribution in [2.24, 2.45) is 0 Å². The van der Waals surface area contributed by atoms with E-state index in [4.69, 9.17) is 11.6 Å². The van der Waals surface area contributed by atoms with Crippen LogP contribution in [0.25, 0.3) is 0 Å². The summed E-state index contributed by atoms with van der Waals surface area (Å²) in [5.41, 5.74) is 2.15. The molecular formula is C21H20ClN3O3S. The first-order valence-electron chi connectivity index (χ1n) is 8.72. The molecule has 3 rings (SSSR count). The van der Waals surface area contributed by atoms with Crippen LogP contribution in [0.4, 0.5) is 17.1 Å². The number of nitrogens with zero attached hydrogens (tertiary/aromatic N) is 1. The molecule has 29 heavy (non-hydrogen) atoms. The van der Waals surface area contributed by atoms with E-state index >= 15 is 0 Å². The molecule has 2 N–H and O–H groups in total. The lowest BCUT2D eigenvalue weighted by molar-refractivity contribution is 0.102. The van der Waals surface area contributed by atoms with E-state index in [9.17, 15) is 13.2 Å². The molecule has 0 saturated heterocycles. The fraction of sp³-hybridized carbons (Fsp3) is 0.0952. The molecule has 0 aliphatic heterocycles. The zero-order chi connectivity index (χ0) is 21.0. The molecule has 0 aromatic heterocycles. The van der Waals surface area contributed by atoms with Crippen molar-refractivity contribution in [3.05, 3.63) is 83.4 Å². The minimum absolute atomic E-state index is 0.166. The maximum atomic E-state index is 12.6. The number of rotatable bonds is 6. The number of carbonyl (C=O) groups excluding carboxylic acids is 1. The van der Waals surface area contributed by atoms with E-state index in [0.717, 1.165) is 5.69 Å². The third-order valence-corrected chi connectivity index (χ3v) is 5.77. The smallest absolute Gasteiger partial charge is 0.261 e. The first-order chi connectivity index (χ1) is 13.8. The fourth-order valence-electron chi connectivity index (χ4n) is 2.70. The van der Waals surface area contributed by atoms with E-state index in [1.165, 1.54) is 12.1 Å². The molecule has 1 amide bonds. The zero-order valence-corrected chi connectivity index (χ0v) is 17.5. The van der Waals surface area contributed by atoms with Gasteiger partial charge in [-0.2, -0.15) is 0 Å². The number of benzene rings is 3. The minimum atomic E-state index is -3.69. The van der Waals surface area contributed by atoms with Gasteiger partial charge in [-0.05, 0) is 54.6 Å². The predicted octanol–water partition coefficient (Wildman–Crippen LogP) is 4.46. The highest BCUT2D eigenvalue weighted by Gasteiger charge is 2.15. The van der Waals surface area contributed by atoms with Crippen LogP contribution in [0.5, 0.6) is 0 Å². The second-order valence-corrected chi connectivity index (χ2v) is 8.62. The van der Waals surface area contributed by atoms with Crippen LogP contribution in [-0.2, 0) is 10.0 Å². The minimum Gasteiger partial charge on any atom is -0.376 e. The molecule has 3 aromatic rings. The van der Waals surface area contributed by atoms with Gasteiger partial charge in [-0.15, -0.1) is 0 Å². The van der Waals surface area contributed by atoms with Crippen molar-refractivity contribution in [2.75, 3.05) is 29.0 Å². The first-order valence-corrected chi connectivity index (χ1v) is 10.6. The van der Waals surface area contributed by atoms with Crippen LogP contribution in [0.1, 0.15) is 10.4 Å². The molecule has 0 unspecified atom stereocenters. The Bertz CT molecular complexity index is 1120. The van der Waals surface area contributed by atoms with Gasteiger partial charge in [-0.3, -0.25) is 9.52 Å². The van der Waals surface area contributed by atoms with Crippen LogP contribution in [0.2, 0.25) is 5.02 Å². The van der Waals surface area contributed by atoms with E-state index in [2.05, 4.69) is 10.0 Å². The summed E-state index contributed by atoms with van der Waals surface area (Å²) >= 11 is 6.05. The van der Waals surface area contributed by atoms with Crippen molar-refractivity contribution in [1.29, 1.82) is 0 Å². The van der Waals surface area contributed by atoms with E-state index in [1.54, 1.807) is 54.6 Å². The number of carbonyl (C=O) groups is 1. The fourth-order valence-corrected chi connectivity index (χ4v) is 3.95. The van der Waals surface area contributed by atoms with Crippen LogP contribution >= 0.6 is 11.6 Å². The molecule has 0 heterocycles. The van der Waals surface area contributed by atoms with Gasteiger partial charge in [0.1, 0.15) is 0 Å². The van der Waals surface area contributed by atoms with Crippen LogP contribution in [0, 0.1) is 0 Å². The number of hydrogen-bond donors (Lipinski definition) is 2. The van der Waals surface area contributed by atoms with Gasteiger partial charge in [0.05, 0.1) is 16.3 Å². The van der Waals surface area contributed by atoms with Crippen molar-refractivity contribution in [1.82, 2.24) is 0 Å². The van der Waals surface area contributed by atoms with Gasteiger partial charge < -0.3 is 10.2 Å². The summed E-state index contributed by atoms with van der Waals surface area (Å²) in [6.07, 6.45) is 0. The van der Waals surface area contributed by atoms with Crippen molar-refractivity contribution in [2.45, 2.75) is 4.90 Å². The maximum Gasteiger partial charge on any atom is 0.261 e. The second-order valence-electron chi connectivity index (χ2n) is 6.51. The summed E-state index contributed by atoms with van der Waals surface area (Å²) in [5, 5.41) is 3.35. The molecule has 0 saturated carbocycles. The Labute approximate surface area is 175 Å². The van der Waals surface area contributed by atoms with Gasteiger partial charge in [0, 0.05) is 30.4 Å². The molecule has 0 atom stereocenters. The molecule has 0 bridgehead atoms. The third kappa shape index (κ3) is 5.07. The highest BCUT2D eigenvalue weighted by Crippen LogP contribution is 2.28. The normalized spacial score (nSPS) is 11.0. The molecule has 6 nitrogen and oxygen atoms in total. The van der Waals surface area contributed by atoms with Crippen molar-refractivity contribution < 1.29 is 13.2 Å². The molecule has 0 spiro atoms. The molecule has 8 heteroatoms. The van der Waals surface area contributed by atoms with Crippen molar-refractivity contribution in [3.63, 3.8) is 0 Å².